The van der Waals surface area contributed by atoms with Crippen LogP contribution in [-0.2, 0) is 4.74 Å². The summed E-state index contributed by atoms with van der Waals surface area (Å²) in [5, 5.41) is 0. The summed E-state index contributed by atoms with van der Waals surface area (Å²) in [4.78, 5) is 0. The molecule has 2 heteroatoms. The Morgan fingerprint density at radius 3 is 2.64 bits per heavy atom. The third kappa shape index (κ3) is 2.80. The van der Waals surface area contributed by atoms with Gasteiger partial charge in [-0.25, -0.2) is 0 Å². The molecule has 0 aromatic heterocycles. The van der Waals surface area contributed by atoms with Crippen LogP contribution in [0.15, 0.2) is 0 Å². The van der Waals surface area contributed by atoms with Crippen molar-refractivity contribution in [2.75, 3.05) is 6.61 Å². The van der Waals surface area contributed by atoms with Gasteiger partial charge in [0.05, 0.1) is 6.10 Å². The van der Waals surface area contributed by atoms with E-state index < -0.39 is 0 Å². The number of ether oxygens (including phenoxy) is 1. The van der Waals surface area contributed by atoms with Crippen LogP contribution >= 0.6 is 0 Å². The highest BCUT2D eigenvalue weighted by atomic mass is 16.5. The minimum absolute atomic E-state index is 0.414. The number of nitrogens with two attached hydrogens (primary N) is 1. The van der Waals surface area contributed by atoms with Crippen molar-refractivity contribution in [3.8, 4) is 0 Å². The molecule has 0 spiro atoms. The fourth-order valence-corrected chi connectivity index (χ4v) is 1.16. The average Bonchev–Trinajstić information content (AvgIpc) is 1.95. The summed E-state index contributed by atoms with van der Waals surface area (Å²) in [6.45, 7) is 5.33. The van der Waals surface area contributed by atoms with Crippen molar-refractivity contribution in [3.63, 3.8) is 0 Å². The van der Waals surface area contributed by atoms with Crippen LogP contribution in [0.5, 0.6) is 0 Å². The monoisotopic (exact) mass is 157 g/mol. The van der Waals surface area contributed by atoms with Gasteiger partial charge in [-0.2, -0.15) is 0 Å². The molecule has 1 saturated carbocycles. The molecule has 1 rings (SSSR count). The molecule has 2 N–H and O–H groups in total. The van der Waals surface area contributed by atoms with Gasteiger partial charge in [0.15, 0.2) is 0 Å². The molecular weight excluding hydrogens is 138 g/mol. The summed E-state index contributed by atoms with van der Waals surface area (Å²) in [7, 11) is 0. The van der Waals surface area contributed by atoms with Gasteiger partial charge in [-0.15, -0.1) is 0 Å². The van der Waals surface area contributed by atoms with Crippen molar-refractivity contribution >= 4 is 0 Å². The number of hydrogen-bond donors (Lipinski definition) is 1. The molecule has 0 aromatic rings. The molecule has 1 unspecified atom stereocenters. The van der Waals surface area contributed by atoms with Crippen LogP contribution in [0, 0.1) is 5.92 Å². The topological polar surface area (TPSA) is 35.2 Å². The summed E-state index contributed by atoms with van der Waals surface area (Å²) >= 11 is 0. The third-order valence-electron chi connectivity index (χ3n) is 2.44. The first kappa shape index (κ1) is 9.01. The zero-order valence-corrected chi connectivity index (χ0v) is 7.55. The molecule has 11 heavy (non-hydrogen) atoms. The van der Waals surface area contributed by atoms with Crippen molar-refractivity contribution in [2.24, 2.45) is 11.7 Å². The van der Waals surface area contributed by atoms with E-state index in [1.54, 1.807) is 0 Å². The van der Waals surface area contributed by atoms with Crippen molar-refractivity contribution < 1.29 is 4.74 Å². The van der Waals surface area contributed by atoms with Gasteiger partial charge in [-0.1, -0.05) is 20.3 Å². The van der Waals surface area contributed by atoms with Gasteiger partial charge >= 0.3 is 0 Å². The molecule has 0 aliphatic heterocycles. The Hall–Kier alpha value is -0.0800. The van der Waals surface area contributed by atoms with E-state index in [9.17, 15) is 0 Å². The Morgan fingerprint density at radius 2 is 2.18 bits per heavy atom. The summed E-state index contributed by atoms with van der Waals surface area (Å²) in [6, 6.07) is 0.414. The lowest BCUT2D eigenvalue weighted by molar-refractivity contribution is -0.0230. The Labute approximate surface area is 69.1 Å². The van der Waals surface area contributed by atoms with Crippen molar-refractivity contribution in [1.82, 2.24) is 0 Å². The second-order valence-electron chi connectivity index (χ2n) is 3.70. The Bertz CT molecular complexity index is 110. The van der Waals surface area contributed by atoms with Gasteiger partial charge in [0.25, 0.3) is 0 Å². The molecule has 0 saturated heterocycles. The zero-order valence-electron chi connectivity index (χ0n) is 7.55. The largest absolute Gasteiger partial charge is 0.378 e. The summed E-state index contributed by atoms with van der Waals surface area (Å²) in [6.07, 6.45) is 3.81. The van der Waals surface area contributed by atoms with Crippen LogP contribution in [-0.4, -0.2) is 18.8 Å². The second kappa shape index (κ2) is 4.07. The van der Waals surface area contributed by atoms with E-state index in [1.807, 2.05) is 0 Å². The van der Waals surface area contributed by atoms with Gasteiger partial charge in [-0.05, 0) is 18.8 Å². The molecule has 0 heterocycles. The first-order chi connectivity index (χ1) is 5.22. The molecule has 1 aliphatic carbocycles. The lowest BCUT2D eigenvalue weighted by atomic mass is 9.90. The third-order valence-corrected chi connectivity index (χ3v) is 2.44. The van der Waals surface area contributed by atoms with Crippen LogP contribution in [0.3, 0.4) is 0 Å². The highest BCUT2D eigenvalue weighted by Crippen LogP contribution is 2.21. The van der Waals surface area contributed by atoms with E-state index in [2.05, 4.69) is 13.8 Å². The van der Waals surface area contributed by atoms with E-state index in [1.165, 1.54) is 6.42 Å². The molecule has 2 nitrogen and oxygen atoms in total. The lowest BCUT2D eigenvalue weighted by Crippen LogP contribution is -2.42. The maximum absolute atomic E-state index is 5.63. The molecule has 0 aromatic carbocycles. The van der Waals surface area contributed by atoms with Crippen LogP contribution < -0.4 is 5.73 Å². The summed E-state index contributed by atoms with van der Waals surface area (Å²) < 4.78 is 5.62. The molecule has 66 valence electrons. The van der Waals surface area contributed by atoms with Gasteiger partial charge in [-0.3, -0.25) is 0 Å². The predicted octanol–water partition coefficient (Wildman–Crippen LogP) is 1.54. The maximum Gasteiger partial charge on any atom is 0.0604 e. The van der Waals surface area contributed by atoms with Crippen LogP contribution in [0.4, 0.5) is 0 Å². The second-order valence-corrected chi connectivity index (χ2v) is 3.70. The van der Waals surface area contributed by atoms with Crippen LogP contribution in [0.2, 0.25) is 0 Å². The molecule has 1 atom stereocenters. The Morgan fingerprint density at radius 1 is 1.55 bits per heavy atom. The lowest BCUT2D eigenvalue weighted by Gasteiger charge is -2.32. The Kier molecular flexibility index (Phi) is 3.34. The molecule has 1 aliphatic rings. The van der Waals surface area contributed by atoms with Gasteiger partial charge in [0.2, 0.25) is 0 Å². The fraction of sp³-hybridized carbons (Fsp3) is 1.00. The Balaban J connectivity index is 1.96. The predicted molar refractivity (Wildman–Crippen MR) is 46.4 cm³/mol. The van der Waals surface area contributed by atoms with Crippen LogP contribution in [0.25, 0.3) is 0 Å². The van der Waals surface area contributed by atoms with Crippen molar-refractivity contribution in [3.05, 3.63) is 0 Å². The molecule has 0 amide bonds. The van der Waals surface area contributed by atoms with E-state index in [0.717, 1.165) is 19.4 Å². The van der Waals surface area contributed by atoms with Crippen molar-refractivity contribution in [2.45, 2.75) is 45.3 Å². The fourth-order valence-electron chi connectivity index (χ4n) is 1.16. The van der Waals surface area contributed by atoms with E-state index in [0.29, 0.717) is 18.1 Å². The maximum atomic E-state index is 5.63. The van der Waals surface area contributed by atoms with E-state index in [-0.39, 0.29) is 0 Å². The minimum atomic E-state index is 0.414. The first-order valence-corrected chi connectivity index (χ1v) is 4.59. The standard InChI is InChI=1S/C9H19NO/c1-3-7(2)6-11-9-4-8(10)5-9/h7-9H,3-6,10H2,1-2H3. The minimum Gasteiger partial charge on any atom is -0.378 e. The first-order valence-electron chi connectivity index (χ1n) is 4.59. The molecule has 0 bridgehead atoms. The number of rotatable bonds is 4. The average molecular weight is 157 g/mol. The summed E-state index contributed by atoms with van der Waals surface area (Å²) in [5.41, 5.74) is 5.63. The quantitative estimate of drug-likeness (QED) is 0.672. The summed E-state index contributed by atoms with van der Waals surface area (Å²) in [5.74, 6) is 0.701. The van der Waals surface area contributed by atoms with Gasteiger partial charge < -0.3 is 10.5 Å². The van der Waals surface area contributed by atoms with Crippen LogP contribution in [0.1, 0.15) is 33.1 Å². The SMILES string of the molecule is CCC(C)COC1CC(N)C1. The normalized spacial score (nSPS) is 33.0. The smallest absolute Gasteiger partial charge is 0.0604 e. The van der Waals surface area contributed by atoms with Gasteiger partial charge in [0.1, 0.15) is 0 Å². The number of hydrogen-bond acceptors (Lipinski definition) is 2. The molecular formula is C9H19NO. The van der Waals surface area contributed by atoms with Crippen molar-refractivity contribution in [1.29, 1.82) is 0 Å². The van der Waals surface area contributed by atoms with Gasteiger partial charge in [0, 0.05) is 12.6 Å². The highest BCUT2D eigenvalue weighted by Gasteiger charge is 2.26. The molecule has 1 fully saturated rings. The van der Waals surface area contributed by atoms with E-state index in [4.69, 9.17) is 10.5 Å². The highest BCUT2D eigenvalue weighted by molar-refractivity contribution is 4.82. The van der Waals surface area contributed by atoms with E-state index >= 15 is 0 Å². The molecule has 0 radical (unpaired) electrons. The zero-order chi connectivity index (χ0) is 8.27.